The van der Waals surface area contributed by atoms with Crippen LogP contribution in [0.1, 0.15) is 25.0 Å². The van der Waals surface area contributed by atoms with Crippen LogP contribution in [0, 0.1) is 0 Å². The van der Waals surface area contributed by atoms with E-state index in [1.165, 1.54) is 0 Å². The fraction of sp³-hybridized carbons (Fsp3) is 0.316. The Morgan fingerprint density at radius 3 is 2.04 bits per heavy atom. The van der Waals surface area contributed by atoms with Crippen molar-refractivity contribution in [1.29, 1.82) is 0 Å². The van der Waals surface area contributed by atoms with Crippen LogP contribution in [0.5, 0.6) is 0 Å². The second-order valence-corrected chi connectivity index (χ2v) is 5.18. The zero-order chi connectivity index (χ0) is 17.8. The molecule has 0 aliphatic rings. The molecule has 0 aliphatic carbocycles. The van der Waals surface area contributed by atoms with Crippen LogP contribution in [-0.2, 0) is 22.6 Å². The maximum absolute atomic E-state index is 12.3. The number of hydrogen-bond acceptors (Lipinski definition) is 4. The first-order valence-corrected chi connectivity index (χ1v) is 8.34. The molecule has 2 N–H and O–H groups in total. The Kier molecular flexibility index (Phi) is 9.50. The minimum absolute atomic E-state index is 0.229. The van der Waals surface area contributed by atoms with Crippen molar-refractivity contribution in [2.45, 2.75) is 39.7 Å². The molecule has 0 heterocycles. The summed E-state index contributed by atoms with van der Waals surface area (Å²) < 4.78 is 5.35. The van der Waals surface area contributed by atoms with Gasteiger partial charge in [-0.1, -0.05) is 74.5 Å². The molecule has 0 bridgehead atoms. The van der Waals surface area contributed by atoms with Crippen LogP contribution in [0.3, 0.4) is 0 Å². The van der Waals surface area contributed by atoms with Crippen molar-refractivity contribution < 1.29 is 14.6 Å². The smallest absolute Gasteiger partial charge is 0.374 e. The van der Waals surface area contributed by atoms with E-state index in [1.807, 2.05) is 74.5 Å². The van der Waals surface area contributed by atoms with Gasteiger partial charge in [-0.2, -0.15) is 0 Å². The predicted octanol–water partition coefficient (Wildman–Crippen LogP) is 3.07. The van der Waals surface area contributed by atoms with Gasteiger partial charge in [0.05, 0.1) is 0 Å². The molecule has 0 spiro atoms. The van der Waals surface area contributed by atoms with Gasteiger partial charge in [0.1, 0.15) is 12.6 Å². The molecule has 0 saturated carbocycles. The molecule has 4 nitrogen and oxygen atoms in total. The lowest BCUT2D eigenvalue weighted by atomic mass is 9.86. The number of esters is 1. The first-order chi connectivity index (χ1) is 11.6. The third-order valence-corrected chi connectivity index (χ3v) is 3.23. The molecule has 2 aromatic carbocycles. The summed E-state index contributed by atoms with van der Waals surface area (Å²) in [5.74, 6) is -0.367. The summed E-state index contributed by atoms with van der Waals surface area (Å²) in [6.07, 6.45) is 0.472. The lowest BCUT2D eigenvalue weighted by molar-refractivity contribution is -0.147. The Morgan fingerprint density at radius 2 is 1.54 bits per heavy atom. The Balaban J connectivity index is 0.00000139. The molecule has 1 atom stereocenters. The Hall–Kier alpha value is -2.11. The third kappa shape index (κ3) is 7.44. The van der Waals surface area contributed by atoms with E-state index in [2.05, 4.69) is 5.23 Å². The van der Waals surface area contributed by atoms with Crippen LogP contribution in [0.4, 0.5) is 0 Å². The van der Waals surface area contributed by atoms with Crippen LogP contribution >= 0.6 is 0 Å². The molecule has 1 unspecified atom stereocenters. The summed E-state index contributed by atoms with van der Waals surface area (Å²) in [5.41, 5.74) is 1.95. The van der Waals surface area contributed by atoms with E-state index in [4.69, 9.17) is 4.74 Å². The summed E-state index contributed by atoms with van der Waals surface area (Å²) in [5, 5.41) is 12.4. The van der Waals surface area contributed by atoms with Gasteiger partial charge in [-0.05, 0) is 24.4 Å². The molecular weight excluding hydrogens is 301 g/mol. The van der Waals surface area contributed by atoms with Gasteiger partial charge in [-0.25, -0.2) is 0 Å². The molecule has 2 rings (SSSR count). The fourth-order valence-corrected chi connectivity index (χ4v) is 2.18. The number of ether oxygens (including phenoxy) is 1. The zero-order valence-corrected chi connectivity index (χ0v) is 14.6. The molecule has 24 heavy (non-hydrogen) atoms. The molecule has 5 heteroatoms. The molecule has 0 aromatic heterocycles. The summed E-state index contributed by atoms with van der Waals surface area (Å²) in [6, 6.07) is 18.6. The fourth-order valence-electron chi connectivity index (χ4n) is 2.18. The summed E-state index contributed by atoms with van der Waals surface area (Å²) in [7, 11) is -0.780. The van der Waals surface area contributed by atoms with Crippen molar-refractivity contribution in [3.8, 4) is 0 Å². The molecular formula is C19H26BNO3. The van der Waals surface area contributed by atoms with Crippen molar-refractivity contribution in [2.75, 3.05) is 0 Å². The average Bonchev–Trinajstić information content (AvgIpc) is 2.62. The van der Waals surface area contributed by atoms with Crippen molar-refractivity contribution in [3.63, 3.8) is 0 Å². The van der Waals surface area contributed by atoms with Gasteiger partial charge < -0.3 is 15.0 Å². The van der Waals surface area contributed by atoms with E-state index in [0.717, 1.165) is 11.1 Å². The quantitative estimate of drug-likeness (QED) is 0.606. The van der Waals surface area contributed by atoms with Crippen molar-refractivity contribution in [3.05, 3.63) is 71.8 Å². The number of nitrogens with one attached hydrogen (secondary N) is 1. The van der Waals surface area contributed by atoms with Crippen molar-refractivity contribution in [1.82, 2.24) is 5.23 Å². The van der Waals surface area contributed by atoms with Crippen LogP contribution in [0.2, 0.25) is 6.82 Å². The first kappa shape index (κ1) is 19.9. The maximum Gasteiger partial charge on any atom is 0.374 e. The highest BCUT2D eigenvalue weighted by molar-refractivity contribution is 6.46. The van der Waals surface area contributed by atoms with Gasteiger partial charge >= 0.3 is 13.0 Å². The number of rotatable bonds is 7. The van der Waals surface area contributed by atoms with Crippen molar-refractivity contribution in [2.24, 2.45) is 0 Å². The van der Waals surface area contributed by atoms with E-state index < -0.39 is 13.1 Å². The molecule has 0 fully saturated rings. The molecule has 0 saturated heterocycles. The van der Waals surface area contributed by atoms with E-state index in [-0.39, 0.29) is 12.6 Å². The van der Waals surface area contributed by atoms with E-state index in [9.17, 15) is 9.82 Å². The topological polar surface area (TPSA) is 58.6 Å². The largest absolute Gasteiger partial charge is 0.460 e. The Morgan fingerprint density at radius 1 is 1.04 bits per heavy atom. The standard InChI is InChI=1S/C17H20BNO3.C2H6/c1-18(21)19-16(12-14-8-4-2-5-9-14)17(20)22-13-15-10-6-3-7-11-15;1-2/h2-11,16,19,21H,12-13H2,1H3;1-2H3. The van der Waals surface area contributed by atoms with Gasteiger partial charge in [-0.3, -0.25) is 4.79 Å². The lowest BCUT2D eigenvalue weighted by Gasteiger charge is -2.18. The SMILES string of the molecule is CB(O)NC(Cc1ccccc1)C(=O)OCc1ccccc1.CC. The number of carbonyl (C=O) groups is 1. The highest BCUT2D eigenvalue weighted by Gasteiger charge is 2.23. The van der Waals surface area contributed by atoms with E-state index in [1.54, 1.807) is 6.82 Å². The predicted molar refractivity (Wildman–Crippen MR) is 98.5 cm³/mol. The van der Waals surface area contributed by atoms with Crippen LogP contribution in [0.15, 0.2) is 60.7 Å². The molecule has 128 valence electrons. The van der Waals surface area contributed by atoms with E-state index >= 15 is 0 Å². The minimum atomic E-state index is -0.780. The number of hydrogen-bond donors (Lipinski definition) is 2. The highest BCUT2D eigenvalue weighted by atomic mass is 16.5. The van der Waals surface area contributed by atoms with E-state index in [0.29, 0.717) is 6.42 Å². The van der Waals surface area contributed by atoms with Crippen LogP contribution in [0.25, 0.3) is 0 Å². The zero-order valence-electron chi connectivity index (χ0n) is 14.6. The monoisotopic (exact) mass is 327 g/mol. The average molecular weight is 327 g/mol. The lowest BCUT2D eigenvalue weighted by Crippen LogP contribution is -2.46. The summed E-state index contributed by atoms with van der Waals surface area (Å²) in [4.78, 5) is 12.3. The second-order valence-electron chi connectivity index (χ2n) is 5.18. The van der Waals surface area contributed by atoms with Gasteiger partial charge in [-0.15, -0.1) is 0 Å². The molecule has 0 aliphatic heterocycles. The molecule has 0 amide bonds. The Bertz CT molecular complexity index is 576. The second kappa shape index (κ2) is 11.4. The summed E-state index contributed by atoms with van der Waals surface area (Å²) in [6.45, 7) is 5.81. The first-order valence-electron chi connectivity index (χ1n) is 8.34. The van der Waals surface area contributed by atoms with Crippen LogP contribution in [-0.4, -0.2) is 24.1 Å². The summed E-state index contributed by atoms with van der Waals surface area (Å²) >= 11 is 0. The van der Waals surface area contributed by atoms with Gasteiger partial charge in [0.15, 0.2) is 0 Å². The van der Waals surface area contributed by atoms with Gasteiger partial charge in [0, 0.05) is 0 Å². The molecule has 0 radical (unpaired) electrons. The van der Waals surface area contributed by atoms with Gasteiger partial charge in [0.2, 0.25) is 0 Å². The maximum atomic E-state index is 12.3. The number of carbonyl (C=O) groups excluding carboxylic acids is 1. The normalized spacial score (nSPS) is 11.0. The van der Waals surface area contributed by atoms with Gasteiger partial charge in [0.25, 0.3) is 0 Å². The minimum Gasteiger partial charge on any atom is -0.460 e. The third-order valence-electron chi connectivity index (χ3n) is 3.23. The highest BCUT2D eigenvalue weighted by Crippen LogP contribution is 2.07. The molecule has 2 aromatic rings. The number of benzene rings is 2. The van der Waals surface area contributed by atoms with Crippen LogP contribution < -0.4 is 5.23 Å². The van der Waals surface area contributed by atoms with Crippen molar-refractivity contribution >= 4 is 13.0 Å². The Labute approximate surface area is 145 Å².